The Kier molecular flexibility index (Phi) is 8.30. The predicted molar refractivity (Wildman–Crippen MR) is 145 cm³/mol. The van der Waals surface area contributed by atoms with Gasteiger partial charge in [-0.1, -0.05) is 37.5 Å². The van der Waals surface area contributed by atoms with E-state index in [4.69, 9.17) is 9.73 Å². The van der Waals surface area contributed by atoms with E-state index in [0.717, 1.165) is 56.2 Å². The standard InChI is InChI=1S/C30H38FN3O3/c1-6-23-15-26(30(36)34-13-9-7-8-10-20(34)4)32-27(33(23)5)16-25(19(2)3)24-12-11-22-14-21(17-35)18-37-29(22)28(24)31/h11-12,15-17,20-21H,6-10,13-14,18H2,1-5H3/b27-16-. The maximum Gasteiger partial charge on any atom is 0.272 e. The van der Waals surface area contributed by atoms with Gasteiger partial charge in [0.2, 0.25) is 0 Å². The number of hydrogen-bond acceptors (Lipinski definition) is 5. The fourth-order valence-corrected chi connectivity index (χ4v) is 5.29. The quantitative estimate of drug-likeness (QED) is 0.481. The van der Waals surface area contributed by atoms with Gasteiger partial charge in [-0.05, 0) is 69.7 Å². The highest BCUT2D eigenvalue weighted by atomic mass is 19.1. The lowest BCUT2D eigenvalue weighted by Crippen LogP contribution is -2.43. The monoisotopic (exact) mass is 507 g/mol. The van der Waals surface area contributed by atoms with Gasteiger partial charge in [-0.15, -0.1) is 0 Å². The molecule has 3 aliphatic rings. The van der Waals surface area contributed by atoms with Crippen molar-refractivity contribution in [3.05, 3.63) is 58.3 Å². The van der Waals surface area contributed by atoms with Gasteiger partial charge in [-0.25, -0.2) is 9.38 Å². The molecule has 0 saturated carbocycles. The van der Waals surface area contributed by atoms with Crippen LogP contribution in [0.1, 0.15) is 70.9 Å². The minimum atomic E-state index is -0.432. The summed E-state index contributed by atoms with van der Waals surface area (Å²) in [7, 11) is 1.93. The van der Waals surface area contributed by atoms with Gasteiger partial charge in [0.25, 0.3) is 5.91 Å². The van der Waals surface area contributed by atoms with Crippen molar-refractivity contribution in [1.82, 2.24) is 9.80 Å². The molecule has 0 spiro atoms. The van der Waals surface area contributed by atoms with E-state index in [0.29, 0.717) is 34.7 Å². The Morgan fingerprint density at radius 2 is 2.03 bits per heavy atom. The number of aldehydes is 1. The van der Waals surface area contributed by atoms with Crippen LogP contribution < -0.4 is 4.74 Å². The molecule has 3 heterocycles. The van der Waals surface area contributed by atoms with Crippen molar-refractivity contribution in [2.24, 2.45) is 10.9 Å². The Bertz CT molecular complexity index is 1190. The van der Waals surface area contributed by atoms with Gasteiger partial charge in [0.15, 0.2) is 11.6 Å². The topological polar surface area (TPSA) is 62.2 Å². The van der Waals surface area contributed by atoms with E-state index >= 15 is 4.39 Å². The minimum absolute atomic E-state index is 0.0452. The first-order chi connectivity index (χ1) is 17.7. The van der Waals surface area contributed by atoms with Gasteiger partial charge in [0.05, 0.1) is 12.5 Å². The molecule has 1 aromatic carbocycles. The van der Waals surface area contributed by atoms with Gasteiger partial charge >= 0.3 is 0 Å². The highest BCUT2D eigenvalue weighted by Crippen LogP contribution is 2.36. The molecule has 0 aromatic heterocycles. The lowest BCUT2D eigenvalue weighted by molar-refractivity contribution is -0.125. The summed E-state index contributed by atoms with van der Waals surface area (Å²) in [4.78, 5) is 33.5. The largest absolute Gasteiger partial charge is 0.489 e. The molecule has 4 rings (SSSR count). The molecule has 7 heteroatoms. The summed E-state index contributed by atoms with van der Waals surface area (Å²) in [6.07, 6.45) is 10.1. The summed E-state index contributed by atoms with van der Waals surface area (Å²) < 4.78 is 21.4. The van der Waals surface area contributed by atoms with Crippen LogP contribution in [-0.4, -0.2) is 53.9 Å². The number of carbonyl (C=O) groups is 2. The van der Waals surface area contributed by atoms with Crippen molar-refractivity contribution in [3.8, 4) is 5.75 Å². The van der Waals surface area contributed by atoms with Crippen molar-refractivity contribution in [2.75, 3.05) is 20.2 Å². The third kappa shape index (κ3) is 5.55. The zero-order valence-electron chi connectivity index (χ0n) is 22.6. The number of allylic oxidation sites excluding steroid dienone is 4. The van der Waals surface area contributed by atoms with Crippen LogP contribution in [0.5, 0.6) is 5.75 Å². The zero-order chi connectivity index (χ0) is 26.7. The third-order valence-corrected chi connectivity index (χ3v) is 7.61. The maximum absolute atomic E-state index is 15.7. The Hall–Kier alpha value is -3.22. The molecular formula is C30H38FN3O3. The number of halogens is 1. The smallest absolute Gasteiger partial charge is 0.272 e. The summed E-state index contributed by atoms with van der Waals surface area (Å²) in [6.45, 7) is 8.95. The van der Waals surface area contributed by atoms with Crippen molar-refractivity contribution in [1.29, 1.82) is 0 Å². The number of carbonyl (C=O) groups excluding carboxylic acids is 2. The zero-order valence-corrected chi connectivity index (χ0v) is 22.6. The lowest BCUT2D eigenvalue weighted by atomic mass is 9.93. The normalized spacial score (nSPS) is 22.9. The van der Waals surface area contributed by atoms with Crippen molar-refractivity contribution < 1.29 is 18.7 Å². The minimum Gasteiger partial charge on any atom is -0.489 e. The van der Waals surface area contributed by atoms with Crippen molar-refractivity contribution in [3.63, 3.8) is 0 Å². The van der Waals surface area contributed by atoms with Gasteiger partial charge in [0.1, 0.15) is 17.8 Å². The van der Waals surface area contributed by atoms with Gasteiger partial charge in [0, 0.05) is 30.9 Å². The third-order valence-electron chi connectivity index (χ3n) is 7.61. The summed E-state index contributed by atoms with van der Waals surface area (Å²) >= 11 is 0. The average molecular weight is 508 g/mol. The SMILES string of the molecule is CCC1=CC(C(=O)N2CCCCCC2C)=N/C(=C/C(=C(C)C)c2ccc3c(c2F)OCC(C=O)C3)N1C. The van der Waals surface area contributed by atoms with E-state index in [1.165, 1.54) is 0 Å². The number of likely N-dealkylation sites (tertiary alicyclic amines) is 1. The Labute approximate surface area is 219 Å². The predicted octanol–water partition coefficient (Wildman–Crippen LogP) is 5.68. The molecule has 1 amide bonds. The number of rotatable bonds is 5. The van der Waals surface area contributed by atoms with Crippen LogP contribution in [0.4, 0.5) is 4.39 Å². The van der Waals surface area contributed by atoms with E-state index < -0.39 is 5.82 Å². The summed E-state index contributed by atoms with van der Waals surface area (Å²) in [6, 6.07) is 3.77. The molecule has 2 unspecified atom stereocenters. The fraction of sp³-hybridized carbons (Fsp3) is 0.500. The lowest BCUT2D eigenvalue weighted by Gasteiger charge is -2.31. The van der Waals surface area contributed by atoms with Crippen LogP contribution >= 0.6 is 0 Å². The highest BCUT2D eigenvalue weighted by molar-refractivity contribution is 6.43. The number of hydrogen-bond donors (Lipinski definition) is 0. The van der Waals surface area contributed by atoms with Crippen LogP contribution in [0, 0.1) is 11.7 Å². The van der Waals surface area contributed by atoms with Gasteiger partial charge in [-0.3, -0.25) is 4.79 Å². The summed E-state index contributed by atoms with van der Waals surface area (Å²) in [5, 5.41) is 0. The van der Waals surface area contributed by atoms with E-state index in [-0.39, 0.29) is 30.2 Å². The van der Waals surface area contributed by atoms with Crippen molar-refractivity contribution in [2.45, 2.75) is 72.3 Å². The fourth-order valence-electron chi connectivity index (χ4n) is 5.29. The van der Waals surface area contributed by atoms with Gasteiger partial charge in [-0.2, -0.15) is 0 Å². The van der Waals surface area contributed by atoms with E-state index in [2.05, 4.69) is 13.8 Å². The molecule has 1 fully saturated rings. The first-order valence-electron chi connectivity index (χ1n) is 13.4. The highest BCUT2D eigenvalue weighted by Gasteiger charge is 2.29. The second-order valence-corrected chi connectivity index (χ2v) is 10.5. The summed E-state index contributed by atoms with van der Waals surface area (Å²) in [5.74, 6) is 0.0819. The molecule has 37 heavy (non-hydrogen) atoms. The molecule has 198 valence electrons. The molecule has 6 nitrogen and oxygen atoms in total. The molecule has 0 bridgehead atoms. The number of amides is 1. The van der Waals surface area contributed by atoms with E-state index in [9.17, 15) is 9.59 Å². The van der Waals surface area contributed by atoms with Crippen LogP contribution in [-0.2, 0) is 16.0 Å². The van der Waals surface area contributed by atoms with E-state index in [1.54, 1.807) is 6.07 Å². The van der Waals surface area contributed by atoms with Crippen LogP contribution in [0.15, 0.2) is 46.4 Å². The van der Waals surface area contributed by atoms with Crippen LogP contribution in [0.3, 0.4) is 0 Å². The molecule has 0 aliphatic carbocycles. The Balaban J connectivity index is 1.73. The first-order valence-corrected chi connectivity index (χ1v) is 13.4. The molecule has 0 radical (unpaired) electrons. The number of nitrogens with zero attached hydrogens (tertiary/aromatic N) is 3. The van der Waals surface area contributed by atoms with Crippen LogP contribution in [0.25, 0.3) is 5.57 Å². The average Bonchev–Trinajstić information content (AvgIpc) is 3.11. The second-order valence-electron chi connectivity index (χ2n) is 10.5. The molecule has 1 saturated heterocycles. The maximum atomic E-state index is 15.7. The second kappa shape index (κ2) is 11.4. The Morgan fingerprint density at radius 1 is 1.24 bits per heavy atom. The Morgan fingerprint density at radius 3 is 2.73 bits per heavy atom. The van der Waals surface area contributed by atoms with E-state index in [1.807, 2.05) is 48.9 Å². The van der Waals surface area contributed by atoms with Gasteiger partial charge < -0.3 is 19.3 Å². The molecule has 0 N–H and O–H groups in total. The van der Waals surface area contributed by atoms with Crippen molar-refractivity contribution >= 4 is 23.5 Å². The molecule has 1 aromatic rings. The number of fused-ring (bicyclic) bond motifs is 1. The molecule has 2 atom stereocenters. The van der Waals surface area contributed by atoms with Crippen LogP contribution in [0.2, 0.25) is 0 Å². The first kappa shape index (κ1) is 26.8. The molecule has 3 aliphatic heterocycles. The molecular weight excluding hydrogens is 469 g/mol. The summed E-state index contributed by atoms with van der Waals surface area (Å²) in [5.41, 5.74) is 4.14. The number of aliphatic imine (C=N–C) groups is 1. The number of benzene rings is 1. The number of ether oxygens (including phenoxy) is 1.